The van der Waals surface area contributed by atoms with Gasteiger partial charge in [0, 0.05) is 54.1 Å². The van der Waals surface area contributed by atoms with Gasteiger partial charge in [-0.3, -0.25) is 9.20 Å². The van der Waals surface area contributed by atoms with Gasteiger partial charge in [-0.05, 0) is 29.8 Å². The molecule has 1 amide bonds. The van der Waals surface area contributed by atoms with Crippen LogP contribution in [0.2, 0.25) is 10.0 Å². The maximum absolute atomic E-state index is 11.8. The first-order chi connectivity index (χ1) is 18.9. The first kappa shape index (κ1) is 26.3. The average Bonchev–Trinajstić information content (AvgIpc) is 3.37. The molecule has 5 aromatic rings. The van der Waals surface area contributed by atoms with Crippen molar-refractivity contribution in [2.45, 2.75) is 6.42 Å². The lowest BCUT2D eigenvalue weighted by atomic mass is 10.0. The molecule has 3 aromatic heterocycles. The van der Waals surface area contributed by atoms with Gasteiger partial charge in [-0.1, -0.05) is 41.9 Å². The topological polar surface area (TPSA) is 103 Å². The number of halogens is 2. The predicted octanol–water partition coefficient (Wildman–Crippen LogP) is 6.03. The van der Waals surface area contributed by atoms with Crippen LogP contribution in [0.25, 0.3) is 27.8 Å². The minimum atomic E-state index is -0.279. The number of carbonyl (C=O) groups is 1. The number of aromatic nitrogens is 4. The number of nitrogens with one attached hydrogen (secondary N) is 2. The number of amides is 1. The molecule has 39 heavy (non-hydrogen) atoms. The minimum Gasteiger partial charge on any atom is -0.495 e. The molecule has 0 radical (unpaired) electrons. The number of anilines is 2. The summed E-state index contributed by atoms with van der Waals surface area (Å²) in [5.41, 5.74) is 4.81. The molecule has 11 heteroatoms. The van der Waals surface area contributed by atoms with Crippen molar-refractivity contribution in [3.8, 4) is 22.6 Å². The van der Waals surface area contributed by atoms with E-state index >= 15 is 0 Å². The maximum atomic E-state index is 11.8. The number of hydrogen-bond acceptors (Lipinski definition) is 7. The van der Waals surface area contributed by atoms with Crippen molar-refractivity contribution in [3.63, 3.8) is 0 Å². The van der Waals surface area contributed by atoms with Crippen LogP contribution in [0.15, 0.2) is 61.4 Å². The van der Waals surface area contributed by atoms with Gasteiger partial charge in [0.15, 0.2) is 5.65 Å². The van der Waals surface area contributed by atoms with E-state index in [0.29, 0.717) is 62.0 Å². The minimum absolute atomic E-state index is 0.279. The van der Waals surface area contributed by atoms with Gasteiger partial charge in [0.2, 0.25) is 11.9 Å². The van der Waals surface area contributed by atoms with Crippen molar-refractivity contribution < 1.29 is 14.3 Å². The van der Waals surface area contributed by atoms with Crippen LogP contribution in [0.1, 0.15) is 11.3 Å². The molecule has 0 saturated carbocycles. The van der Waals surface area contributed by atoms with Gasteiger partial charge in [0.25, 0.3) is 0 Å². The molecule has 0 fully saturated rings. The Bertz CT molecular complexity index is 1720. The molecular weight excluding hydrogens is 539 g/mol. The Morgan fingerprint density at radius 3 is 2.49 bits per heavy atom. The Morgan fingerprint density at radius 1 is 1.08 bits per heavy atom. The number of methoxy groups -OCH3 is 2. The standard InChI is InChI=1S/C28H24Cl2N6O3/c1-5-22(37)33-17-8-6-7-15(9-17)10-18-14-36-26-16(13-32-28(31-2)35-26)11-19(27(36)34-18)23-24(29)20(38-3)12-21(39-4)25(23)30/h5-9,11-14H,1,10H2,2-4H3,(H,33,37)(H,31,32,35). The summed E-state index contributed by atoms with van der Waals surface area (Å²) in [5.74, 6) is 1.02. The van der Waals surface area contributed by atoms with Crippen LogP contribution < -0.4 is 20.1 Å². The molecule has 0 spiro atoms. The second kappa shape index (κ2) is 10.8. The third-order valence-electron chi connectivity index (χ3n) is 6.15. The summed E-state index contributed by atoms with van der Waals surface area (Å²) < 4.78 is 12.9. The van der Waals surface area contributed by atoms with Crippen LogP contribution in [-0.4, -0.2) is 46.5 Å². The zero-order chi connectivity index (χ0) is 27.7. The van der Waals surface area contributed by atoms with E-state index in [4.69, 9.17) is 37.7 Å². The monoisotopic (exact) mass is 562 g/mol. The zero-order valence-electron chi connectivity index (χ0n) is 21.4. The number of benzene rings is 2. The molecule has 0 aliphatic carbocycles. The van der Waals surface area contributed by atoms with E-state index in [1.165, 1.54) is 20.3 Å². The fourth-order valence-electron chi connectivity index (χ4n) is 4.35. The van der Waals surface area contributed by atoms with Gasteiger partial charge in [-0.2, -0.15) is 4.98 Å². The Balaban J connectivity index is 1.72. The third-order valence-corrected chi connectivity index (χ3v) is 6.90. The van der Waals surface area contributed by atoms with Crippen molar-refractivity contribution in [1.82, 2.24) is 19.4 Å². The van der Waals surface area contributed by atoms with Crippen LogP contribution >= 0.6 is 23.2 Å². The number of rotatable bonds is 8. The molecule has 0 bridgehead atoms. The number of carbonyl (C=O) groups excluding carboxylic acids is 1. The van der Waals surface area contributed by atoms with E-state index in [0.717, 1.165) is 16.6 Å². The second-order valence-electron chi connectivity index (χ2n) is 8.56. The van der Waals surface area contributed by atoms with Crippen molar-refractivity contribution >= 4 is 57.4 Å². The van der Waals surface area contributed by atoms with Gasteiger partial charge in [-0.25, -0.2) is 9.97 Å². The number of hydrogen-bond donors (Lipinski definition) is 2. The lowest BCUT2D eigenvalue weighted by Crippen LogP contribution is -2.07. The first-order valence-electron chi connectivity index (χ1n) is 11.8. The highest BCUT2D eigenvalue weighted by Crippen LogP contribution is 2.47. The van der Waals surface area contributed by atoms with Crippen molar-refractivity contribution in [1.29, 1.82) is 0 Å². The molecular formula is C28H24Cl2N6O3. The first-order valence-corrected chi connectivity index (χ1v) is 12.6. The predicted molar refractivity (Wildman–Crippen MR) is 154 cm³/mol. The highest BCUT2D eigenvalue weighted by Gasteiger charge is 2.23. The summed E-state index contributed by atoms with van der Waals surface area (Å²) in [6.07, 6.45) is 5.36. The molecule has 0 atom stereocenters. The molecule has 0 unspecified atom stereocenters. The van der Waals surface area contributed by atoms with Crippen LogP contribution in [0, 0.1) is 0 Å². The van der Waals surface area contributed by atoms with Crippen molar-refractivity contribution in [2.24, 2.45) is 0 Å². The second-order valence-corrected chi connectivity index (χ2v) is 9.32. The van der Waals surface area contributed by atoms with Gasteiger partial charge < -0.3 is 20.1 Å². The largest absolute Gasteiger partial charge is 0.495 e. The van der Waals surface area contributed by atoms with Gasteiger partial charge >= 0.3 is 0 Å². The van der Waals surface area contributed by atoms with Crippen LogP contribution in [0.5, 0.6) is 11.5 Å². The lowest BCUT2D eigenvalue weighted by molar-refractivity contribution is -0.111. The molecule has 2 aromatic carbocycles. The fraction of sp³-hybridized carbons (Fsp3) is 0.143. The van der Waals surface area contributed by atoms with E-state index in [-0.39, 0.29) is 5.91 Å². The van der Waals surface area contributed by atoms with Crippen LogP contribution in [-0.2, 0) is 11.2 Å². The van der Waals surface area contributed by atoms with Crippen molar-refractivity contribution in [2.75, 3.05) is 31.9 Å². The number of nitrogens with zero attached hydrogens (tertiary/aromatic N) is 4. The Morgan fingerprint density at radius 2 is 1.82 bits per heavy atom. The Kier molecular flexibility index (Phi) is 7.28. The molecule has 0 aliphatic rings. The molecule has 0 aliphatic heterocycles. The number of fused-ring (bicyclic) bond motifs is 3. The molecule has 5 rings (SSSR count). The smallest absolute Gasteiger partial charge is 0.247 e. The number of imidazole rings is 1. The summed E-state index contributed by atoms with van der Waals surface area (Å²) in [6.45, 7) is 3.50. The highest BCUT2D eigenvalue weighted by atomic mass is 35.5. The van der Waals surface area contributed by atoms with Gasteiger partial charge in [0.1, 0.15) is 17.1 Å². The van der Waals surface area contributed by atoms with Crippen LogP contribution in [0.3, 0.4) is 0 Å². The van der Waals surface area contributed by atoms with Crippen molar-refractivity contribution in [3.05, 3.63) is 82.7 Å². The average molecular weight is 563 g/mol. The molecule has 9 nitrogen and oxygen atoms in total. The highest BCUT2D eigenvalue weighted by molar-refractivity contribution is 6.41. The van der Waals surface area contributed by atoms with Gasteiger partial charge in [0.05, 0.1) is 30.0 Å². The van der Waals surface area contributed by atoms with E-state index in [1.807, 2.05) is 40.9 Å². The normalized spacial score (nSPS) is 11.0. The molecule has 3 heterocycles. The maximum Gasteiger partial charge on any atom is 0.247 e. The summed E-state index contributed by atoms with van der Waals surface area (Å²) in [7, 11) is 4.81. The Hall–Kier alpha value is -4.34. The Labute approximate surface area is 234 Å². The lowest BCUT2D eigenvalue weighted by Gasteiger charge is -2.16. The third kappa shape index (κ3) is 4.94. The molecule has 198 valence electrons. The number of ether oxygens (including phenoxy) is 2. The summed E-state index contributed by atoms with van der Waals surface area (Å²) in [6, 6.07) is 11.1. The summed E-state index contributed by atoms with van der Waals surface area (Å²) in [5, 5.41) is 7.17. The number of pyridine rings is 1. The van der Waals surface area contributed by atoms with Crippen LogP contribution in [0.4, 0.5) is 11.6 Å². The van der Waals surface area contributed by atoms with E-state index in [1.54, 1.807) is 19.3 Å². The van der Waals surface area contributed by atoms with Gasteiger partial charge in [-0.15, -0.1) is 0 Å². The zero-order valence-corrected chi connectivity index (χ0v) is 22.9. The van der Waals surface area contributed by atoms with E-state index < -0.39 is 0 Å². The molecule has 2 N–H and O–H groups in total. The van der Waals surface area contributed by atoms with E-state index in [9.17, 15) is 4.79 Å². The summed E-state index contributed by atoms with van der Waals surface area (Å²) in [4.78, 5) is 25.8. The SMILES string of the molecule is C=CC(=O)Nc1cccc(Cc2cn3c(n2)c(-c2c(Cl)c(OC)cc(OC)c2Cl)cc2cnc(NC)nc23)c1. The molecule has 0 saturated heterocycles. The van der Waals surface area contributed by atoms with E-state index in [2.05, 4.69) is 27.2 Å². The fourth-order valence-corrected chi connectivity index (χ4v) is 5.05. The summed E-state index contributed by atoms with van der Waals surface area (Å²) >= 11 is 13.6. The quantitative estimate of drug-likeness (QED) is 0.223.